The number of benzene rings is 1. The SMILES string of the molecule is CN1C(C)(C)CC2(CC1(C)C)OCC(COC(N)=O)(c1ccccc1)O2. The predicted octanol–water partition coefficient (Wildman–Crippen LogP) is 3.00. The maximum atomic E-state index is 11.2. The molecule has 1 unspecified atom stereocenters. The Morgan fingerprint density at radius 1 is 1.15 bits per heavy atom. The van der Waals surface area contributed by atoms with Crippen LogP contribution < -0.4 is 5.73 Å². The molecule has 2 N–H and O–H groups in total. The van der Waals surface area contributed by atoms with Gasteiger partial charge in [-0.25, -0.2) is 4.79 Å². The zero-order valence-corrected chi connectivity index (χ0v) is 16.4. The standard InChI is InChI=1S/C20H30N2O4/c1-17(2)11-20(12-18(3,4)22(17)5)25-14-19(26-20,13-24-16(21)23)15-9-7-6-8-10-15/h6-10H,11-14H2,1-5H3,(H2,21,23). The number of amides is 1. The lowest BCUT2D eigenvalue weighted by molar-refractivity contribution is -0.258. The van der Waals surface area contributed by atoms with Crippen molar-refractivity contribution in [3.63, 3.8) is 0 Å². The average Bonchev–Trinajstić information content (AvgIpc) is 2.90. The third kappa shape index (κ3) is 3.33. The molecule has 1 atom stereocenters. The second-order valence-electron chi connectivity index (χ2n) is 8.81. The molecule has 0 aliphatic carbocycles. The Morgan fingerprint density at radius 3 is 2.27 bits per heavy atom. The molecule has 2 fully saturated rings. The molecule has 1 spiro atoms. The summed E-state index contributed by atoms with van der Waals surface area (Å²) in [6.45, 7) is 9.15. The fraction of sp³-hybridized carbons (Fsp3) is 0.650. The van der Waals surface area contributed by atoms with Crippen LogP contribution in [0.25, 0.3) is 0 Å². The fourth-order valence-corrected chi connectivity index (χ4v) is 4.50. The second kappa shape index (κ2) is 6.22. The van der Waals surface area contributed by atoms with Gasteiger partial charge >= 0.3 is 6.09 Å². The zero-order valence-electron chi connectivity index (χ0n) is 16.4. The fourth-order valence-electron chi connectivity index (χ4n) is 4.50. The van der Waals surface area contributed by atoms with Crippen LogP contribution in [0.3, 0.4) is 0 Å². The lowest BCUT2D eigenvalue weighted by Crippen LogP contribution is -2.64. The minimum absolute atomic E-state index is 0.0325. The summed E-state index contributed by atoms with van der Waals surface area (Å²) in [4.78, 5) is 13.6. The van der Waals surface area contributed by atoms with Crippen molar-refractivity contribution in [1.82, 2.24) is 4.90 Å². The first-order valence-corrected chi connectivity index (χ1v) is 9.06. The van der Waals surface area contributed by atoms with Gasteiger partial charge in [-0.05, 0) is 40.3 Å². The Balaban J connectivity index is 1.95. The quantitative estimate of drug-likeness (QED) is 0.895. The molecular weight excluding hydrogens is 332 g/mol. The van der Waals surface area contributed by atoms with Gasteiger partial charge in [-0.3, -0.25) is 4.90 Å². The van der Waals surface area contributed by atoms with Crippen LogP contribution in [0.2, 0.25) is 0 Å². The number of nitrogens with two attached hydrogens (primary N) is 1. The molecule has 6 nitrogen and oxygen atoms in total. The summed E-state index contributed by atoms with van der Waals surface area (Å²) in [6, 6.07) is 9.77. The zero-order chi connectivity index (χ0) is 19.2. The number of hydrogen-bond donors (Lipinski definition) is 1. The molecular formula is C20H30N2O4. The topological polar surface area (TPSA) is 74.0 Å². The van der Waals surface area contributed by atoms with Crippen LogP contribution in [0.15, 0.2) is 30.3 Å². The second-order valence-corrected chi connectivity index (χ2v) is 8.81. The third-order valence-corrected chi connectivity index (χ3v) is 5.92. The first-order chi connectivity index (χ1) is 12.0. The van der Waals surface area contributed by atoms with Gasteiger partial charge in [0.2, 0.25) is 0 Å². The van der Waals surface area contributed by atoms with Crippen molar-refractivity contribution in [3.05, 3.63) is 35.9 Å². The molecule has 0 bridgehead atoms. The summed E-state index contributed by atoms with van der Waals surface area (Å²) in [5.74, 6) is -0.726. The van der Waals surface area contributed by atoms with E-state index in [4.69, 9.17) is 19.9 Å². The molecule has 0 saturated carbocycles. The Morgan fingerprint density at radius 2 is 1.73 bits per heavy atom. The van der Waals surface area contributed by atoms with Gasteiger partial charge in [0, 0.05) is 23.9 Å². The molecule has 144 valence electrons. The summed E-state index contributed by atoms with van der Waals surface area (Å²) >= 11 is 0. The van der Waals surface area contributed by atoms with Crippen LogP contribution in [0, 0.1) is 0 Å². The average molecular weight is 362 g/mol. The van der Waals surface area contributed by atoms with Crippen LogP contribution in [0.4, 0.5) is 4.79 Å². The molecule has 2 aliphatic heterocycles. The highest BCUT2D eigenvalue weighted by Gasteiger charge is 2.60. The molecule has 1 amide bonds. The van der Waals surface area contributed by atoms with Crippen molar-refractivity contribution in [2.24, 2.45) is 5.73 Å². The van der Waals surface area contributed by atoms with Crippen LogP contribution in [0.1, 0.15) is 46.1 Å². The number of nitrogens with zero attached hydrogens (tertiary/aromatic N) is 1. The van der Waals surface area contributed by atoms with Gasteiger partial charge in [-0.1, -0.05) is 30.3 Å². The molecule has 3 rings (SSSR count). The maximum Gasteiger partial charge on any atom is 0.404 e. The number of carbonyl (C=O) groups is 1. The number of primary amides is 1. The maximum absolute atomic E-state index is 11.2. The van der Waals surface area contributed by atoms with Crippen LogP contribution in [-0.4, -0.2) is 48.1 Å². The molecule has 1 aromatic rings. The van der Waals surface area contributed by atoms with E-state index in [2.05, 4.69) is 39.6 Å². The van der Waals surface area contributed by atoms with E-state index < -0.39 is 17.5 Å². The smallest absolute Gasteiger partial charge is 0.404 e. The molecule has 2 aliphatic rings. The molecule has 1 aromatic carbocycles. The number of rotatable bonds is 3. The van der Waals surface area contributed by atoms with Gasteiger partial charge in [0.05, 0.1) is 6.61 Å². The van der Waals surface area contributed by atoms with Gasteiger partial charge < -0.3 is 19.9 Å². The van der Waals surface area contributed by atoms with Crippen LogP contribution in [-0.2, 0) is 19.8 Å². The summed E-state index contributed by atoms with van der Waals surface area (Å²) < 4.78 is 18.1. The van der Waals surface area contributed by atoms with Crippen molar-refractivity contribution in [2.75, 3.05) is 20.3 Å². The number of likely N-dealkylation sites (tertiary alicyclic amines) is 1. The van der Waals surface area contributed by atoms with E-state index in [0.29, 0.717) is 6.61 Å². The largest absolute Gasteiger partial charge is 0.446 e. The van der Waals surface area contributed by atoms with Gasteiger partial charge in [0.25, 0.3) is 0 Å². The summed E-state index contributed by atoms with van der Waals surface area (Å²) in [6.07, 6.45) is 0.643. The van der Waals surface area contributed by atoms with E-state index >= 15 is 0 Å². The summed E-state index contributed by atoms with van der Waals surface area (Å²) in [5.41, 5.74) is 5.10. The molecule has 0 radical (unpaired) electrons. The lowest BCUT2D eigenvalue weighted by Gasteiger charge is -2.56. The molecule has 6 heteroatoms. The third-order valence-electron chi connectivity index (χ3n) is 5.92. The predicted molar refractivity (Wildman–Crippen MR) is 98.6 cm³/mol. The van der Waals surface area contributed by atoms with E-state index in [1.807, 2.05) is 30.3 Å². The van der Waals surface area contributed by atoms with Gasteiger partial charge in [0.1, 0.15) is 6.61 Å². The normalized spacial score (nSPS) is 29.6. The van der Waals surface area contributed by atoms with Crippen molar-refractivity contribution >= 4 is 6.09 Å². The van der Waals surface area contributed by atoms with Gasteiger partial charge in [0.15, 0.2) is 11.4 Å². The monoisotopic (exact) mass is 362 g/mol. The summed E-state index contributed by atoms with van der Waals surface area (Å²) in [7, 11) is 2.14. The first-order valence-electron chi connectivity index (χ1n) is 9.06. The highest BCUT2D eigenvalue weighted by molar-refractivity contribution is 5.64. The highest BCUT2D eigenvalue weighted by Crippen LogP contribution is 2.51. The highest BCUT2D eigenvalue weighted by atomic mass is 16.8. The molecule has 26 heavy (non-hydrogen) atoms. The number of carbonyl (C=O) groups excluding carboxylic acids is 1. The first kappa shape index (κ1) is 19.1. The van der Waals surface area contributed by atoms with E-state index in [0.717, 1.165) is 18.4 Å². The Bertz CT molecular complexity index is 656. The van der Waals surface area contributed by atoms with Gasteiger partial charge in [-0.2, -0.15) is 0 Å². The number of ether oxygens (including phenoxy) is 3. The molecule has 0 aromatic heterocycles. The van der Waals surface area contributed by atoms with Crippen molar-refractivity contribution in [2.45, 2.75) is 63.0 Å². The minimum atomic E-state index is -0.849. The Labute approximate surface area is 155 Å². The van der Waals surface area contributed by atoms with E-state index in [9.17, 15) is 4.79 Å². The molecule has 2 saturated heterocycles. The number of hydrogen-bond acceptors (Lipinski definition) is 5. The van der Waals surface area contributed by atoms with E-state index in [1.165, 1.54) is 0 Å². The lowest BCUT2D eigenvalue weighted by atomic mass is 9.76. The Kier molecular flexibility index (Phi) is 4.58. The van der Waals surface area contributed by atoms with Crippen molar-refractivity contribution in [1.29, 1.82) is 0 Å². The minimum Gasteiger partial charge on any atom is -0.446 e. The van der Waals surface area contributed by atoms with Crippen LogP contribution >= 0.6 is 0 Å². The van der Waals surface area contributed by atoms with Crippen molar-refractivity contribution < 1.29 is 19.0 Å². The Hall–Kier alpha value is -1.63. The van der Waals surface area contributed by atoms with Gasteiger partial charge in [-0.15, -0.1) is 0 Å². The van der Waals surface area contributed by atoms with E-state index in [-0.39, 0.29) is 17.7 Å². The summed E-state index contributed by atoms with van der Waals surface area (Å²) in [5, 5.41) is 0. The number of piperidine rings is 1. The molecule has 2 heterocycles. The van der Waals surface area contributed by atoms with E-state index in [1.54, 1.807) is 0 Å². The van der Waals surface area contributed by atoms with Crippen LogP contribution in [0.5, 0.6) is 0 Å². The van der Waals surface area contributed by atoms with Crippen molar-refractivity contribution in [3.8, 4) is 0 Å².